The minimum absolute atomic E-state index is 0.270. The molecule has 1 heterocycles. The van der Waals surface area contributed by atoms with E-state index >= 15 is 0 Å². The number of nitrogens with one attached hydrogen (secondary N) is 2. The van der Waals surface area contributed by atoms with Crippen molar-refractivity contribution in [3.63, 3.8) is 0 Å². The number of amides is 3. The average molecular weight is 430 g/mol. The highest BCUT2D eigenvalue weighted by atomic mass is 16.5. The normalized spacial score (nSPS) is 13.2. The Labute approximate surface area is 185 Å². The summed E-state index contributed by atoms with van der Waals surface area (Å²) in [5, 5.41) is 5.07. The van der Waals surface area contributed by atoms with Crippen molar-refractivity contribution in [2.75, 3.05) is 5.32 Å². The fourth-order valence-electron chi connectivity index (χ4n) is 3.28. The molecule has 3 aromatic carbocycles. The zero-order valence-electron chi connectivity index (χ0n) is 17.9. The third-order valence-electron chi connectivity index (χ3n) is 5.08. The number of carbonyl (C=O) groups excluding carboxylic acids is 3. The molecule has 1 unspecified atom stereocenters. The molecule has 1 aliphatic rings. The Morgan fingerprint density at radius 3 is 2.31 bits per heavy atom. The van der Waals surface area contributed by atoms with E-state index in [0.29, 0.717) is 28.5 Å². The van der Waals surface area contributed by atoms with Gasteiger partial charge in [-0.25, -0.2) is 0 Å². The van der Waals surface area contributed by atoms with E-state index in [-0.39, 0.29) is 11.5 Å². The second-order valence-corrected chi connectivity index (χ2v) is 7.64. The van der Waals surface area contributed by atoms with Gasteiger partial charge in [-0.2, -0.15) is 0 Å². The summed E-state index contributed by atoms with van der Waals surface area (Å²) in [5.74, 6) is 0.515. The SMILES string of the molecule is Cc1ccc(C)c(OC(C)C(=O)Nc2ccc(Oc3ccc4c(c3)C(=O)NC4=O)cc2)c1. The molecule has 3 amide bonds. The first-order chi connectivity index (χ1) is 15.3. The number of ether oxygens (including phenoxy) is 2. The predicted molar refractivity (Wildman–Crippen MR) is 119 cm³/mol. The first-order valence-electron chi connectivity index (χ1n) is 10.1. The zero-order chi connectivity index (χ0) is 22.8. The van der Waals surface area contributed by atoms with E-state index in [1.165, 1.54) is 6.07 Å². The van der Waals surface area contributed by atoms with Crippen molar-refractivity contribution in [1.82, 2.24) is 5.32 Å². The van der Waals surface area contributed by atoms with Gasteiger partial charge in [-0.3, -0.25) is 19.7 Å². The molecule has 7 nitrogen and oxygen atoms in total. The molecule has 1 atom stereocenters. The highest BCUT2D eigenvalue weighted by molar-refractivity contribution is 6.21. The molecule has 32 heavy (non-hydrogen) atoms. The van der Waals surface area contributed by atoms with E-state index in [9.17, 15) is 14.4 Å². The smallest absolute Gasteiger partial charge is 0.265 e. The van der Waals surface area contributed by atoms with Crippen LogP contribution < -0.4 is 20.1 Å². The van der Waals surface area contributed by atoms with Crippen LogP contribution in [0, 0.1) is 13.8 Å². The maximum atomic E-state index is 12.5. The Hall–Kier alpha value is -4.13. The van der Waals surface area contributed by atoms with Crippen LogP contribution in [0.4, 0.5) is 5.69 Å². The minimum Gasteiger partial charge on any atom is -0.481 e. The topological polar surface area (TPSA) is 93.7 Å². The van der Waals surface area contributed by atoms with Gasteiger partial charge in [-0.15, -0.1) is 0 Å². The Morgan fingerprint density at radius 2 is 1.56 bits per heavy atom. The van der Waals surface area contributed by atoms with Crippen molar-refractivity contribution >= 4 is 23.4 Å². The van der Waals surface area contributed by atoms with Crippen LogP contribution >= 0.6 is 0 Å². The van der Waals surface area contributed by atoms with Gasteiger partial charge >= 0.3 is 0 Å². The third-order valence-corrected chi connectivity index (χ3v) is 5.08. The predicted octanol–water partition coefficient (Wildman–Crippen LogP) is 4.39. The number of aryl methyl sites for hydroxylation is 2. The van der Waals surface area contributed by atoms with Gasteiger partial charge in [0.05, 0.1) is 11.1 Å². The number of rotatable bonds is 6. The average Bonchev–Trinajstić information content (AvgIpc) is 3.05. The minimum atomic E-state index is -0.674. The van der Waals surface area contributed by atoms with E-state index in [1.54, 1.807) is 43.3 Å². The molecule has 2 N–H and O–H groups in total. The number of hydrogen-bond donors (Lipinski definition) is 2. The molecule has 4 rings (SSSR count). The number of fused-ring (bicyclic) bond motifs is 1. The maximum Gasteiger partial charge on any atom is 0.265 e. The van der Waals surface area contributed by atoms with Crippen LogP contribution in [-0.4, -0.2) is 23.8 Å². The van der Waals surface area contributed by atoms with E-state index < -0.39 is 17.9 Å². The molecule has 0 radical (unpaired) electrons. The zero-order valence-corrected chi connectivity index (χ0v) is 17.9. The van der Waals surface area contributed by atoms with Crippen LogP contribution in [-0.2, 0) is 4.79 Å². The van der Waals surface area contributed by atoms with Gasteiger partial charge in [0.25, 0.3) is 17.7 Å². The van der Waals surface area contributed by atoms with Gasteiger partial charge in [0.1, 0.15) is 17.2 Å². The number of anilines is 1. The summed E-state index contributed by atoms with van der Waals surface area (Å²) in [7, 11) is 0. The summed E-state index contributed by atoms with van der Waals surface area (Å²) in [6, 6.07) is 17.4. The Balaban J connectivity index is 1.38. The summed E-state index contributed by atoms with van der Waals surface area (Å²) in [5.41, 5.74) is 3.24. The van der Waals surface area contributed by atoms with Crippen LogP contribution in [0.25, 0.3) is 0 Å². The van der Waals surface area contributed by atoms with Gasteiger partial charge in [-0.05, 0) is 80.4 Å². The highest BCUT2D eigenvalue weighted by Crippen LogP contribution is 2.27. The van der Waals surface area contributed by atoms with Crippen LogP contribution in [0.15, 0.2) is 60.7 Å². The van der Waals surface area contributed by atoms with Gasteiger partial charge in [0.15, 0.2) is 6.10 Å². The lowest BCUT2D eigenvalue weighted by Gasteiger charge is -2.17. The Morgan fingerprint density at radius 1 is 0.875 bits per heavy atom. The van der Waals surface area contributed by atoms with Crippen LogP contribution in [0.5, 0.6) is 17.2 Å². The molecule has 0 bridgehead atoms. The van der Waals surface area contributed by atoms with Crippen molar-refractivity contribution in [3.05, 3.63) is 82.9 Å². The number of hydrogen-bond acceptors (Lipinski definition) is 5. The van der Waals surface area contributed by atoms with Crippen LogP contribution in [0.3, 0.4) is 0 Å². The Bertz CT molecular complexity index is 1220. The Kier molecular flexibility index (Phi) is 5.64. The van der Waals surface area contributed by atoms with E-state index in [4.69, 9.17) is 9.47 Å². The standard InChI is InChI=1S/C25H22N2O5/c1-14-4-5-15(2)22(12-14)31-16(3)23(28)26-17-6-8-18(9-7-17)32-19-10-11-20-21(13-19)25(30)27-24(20)29/h4-13,16H,1-3H3,(H,26,28)(H,27,29,30). The molecule has 0 spiro atoms. The summed E-state index contributed by atoms with van der Waals surface area (Å²) in [4.78, 5) is 36.0. The maximum absolute atomic E-state index is 12.5. The molecule has 1 aliphatic heterocycles. The van der Waals surface area contributed by atoms with Crippen molar-refractivity contribution in [1.29, 1.82) is 0 Å². The first kappa shape index (κ1) is 21.1. The molecular weight excluding hydrogens is 408 g/mol. The van der Waals surface area contributed by atoms with Crippen molar-refractivity contribution < 1.29 is 23.9 Å². The lowest BCUT2D eigenvalue weighted by molar-refractivity contribution is -0.122. The summed E-state index contributed by atoms with van der Waals surface area (Å²) in [6.45, 7) is 5.60. The second-order valence-electron chi connectivity index (χ2n) is 7.64. The molecule has 7 heteroatoms. The number of imide groups is 1. The van der Waals surface area contributed by atoms with E-state index in [1.807, 2.05) is 32.0 Å². The van der Waals surface area contributed by atoms with Crippen LogP contribution in [0.1, 0.15) is 38.8 Å². The second kappa shape index (κ2) is 8.55. The van der Waals surface area contributed by atoms with Crippen LogP contribution in [0.2, 0.25) is 0 Å². The summed E-state index contributed by atoms with van der Waals surface area (Å²) >= 11 is 0. The molecule has 0 fully saturated rings. The summed E-state index contributed by atoms with van der Waals surface area (Å²) < 4.78 is 11.6. The number of benzene rings is 3. The van der Waals surface area contributed by atoms with Gasteiger partial charge in [-0.1, -0.05) is 12.1 Å². The molecule has 0 aromatic heterocycles. The lowest BCUT2D eigenvalue weighted by atomic mass is 10.1. The molecule has 0 aliphatic carbocycles. The largest absolute Gasteiger partial charge is 0.481 e. The van der Waals surface area contributed by atoms with Gasteiger partial charge in [0.2, 0.25) is 0 Å². The fraction of sp³-hybridized carbons (Fsp3) is 0.160. The van der Waals surface area contributed by atoms with Crippen molar-refractivity contribution in [2.24, 2.45) is 0 Å². The van der Waals surface area contributed by atoms with Gasteiger partial charge in [0, 0.05) is 5.69 Å². The fourth-order valence-corrected chi connectivity index (χ4v) is 3.28. The van der Waals surface area contributed by atoms with Gasteiger partial charge < -0.3 is 14.8 Å². The monoisotopic (exact) mass is 430 g/mol. The quantitative estimate of drug-likeness (QED) is 0.566. The van der Waals surface area contributed by atoms with Crippen molar-refractivity contribution in [2.45, 2.75) is 26.9 Å². The van der Waals surface area contributed by atoms with E-state index in [0.717, 1.165) is 11.1 Å². The molecule has 0 saturated carbocycles. The molecule has 0 saturated heterocycles. The first-order valence-corrected chi connectivity index (χ1v) is 10.1. The molecular formula is C25H22N2O5. The molecule has 3 aromatic rings. The van der Waals surface area contributed by atoms with Crippen molar-refractivity contribution in [3.8, 4) is 17.2 Å². The lowest BCUT2D eigenvalue weighted by Crippen LogP contribution is -2.30. The van der Waals surface area contributed by atoms with E-state index in [2.05, 4.69) is 10.6 Å². The third kappa shape index (κ3) is 4.46. The highest BCUT2D eigenvalue weighted by Gasteiger charge is 2.27. The number of carbonyl (C=O) groups is 3. The summed E-state index contributed by atoms with van der Waals surface area (Å²) in [6.07, 6.45) is -0.674. The molecule has 162 valence electrons.